The number of carbonyl (C=O) groups is 2. The van der Waals surface area contributed by atoms with Crippen LogP contribution in [0.5, 0.6) is 0 Å². The summed E-state index contributed by atoms with van der Waals surface area (Å²) in [6.45, 7) is 2.45. The Morgan fingerprint density at radius 2 is 1.47 bits per heavy atom. The van der Waals surface area contributed by atoms with Crippen LogP contribution < -0.4 is 20.3 Å². The standard InChI is InChI=1S/C34H39N5O5S/c1-24(26-14-8-5-9-15-26)37-33(41)27-19-28(21-30(20-27)39(2)45(3,43)44)34(42)38-31(18-25-12-6-4-7-13-25)32(40)23-35-22-29-16-10-11-17-36-29/h4-17,19-21,24,31-32,35,40H,18,22-23H2,1-3H3,(H,37,41)(H,38,42). The maximum atomic E-state index is 13.7. The predicted molar refractivity (Wildman–Crippen MR) is 175 cm³/mol. The van der Waals surface area contributed by atoms with Crippen LogP contribution in [0.25, 0.3) is 0 Å². The van der Waals surface area contributed by atoms with Gasteiger partial charge in [-0.2, -0.15) is 0 Å². The van der Waals surface area contributed by atoms with E-state index in [1.165, 1.54) is 25.2 Å². The van der Waals surface area contributed by atoms with E-state index in [4.69, 9.17) is 0 Å². The maximum absolute atomic E-state index is 13.7. The number of aliphatic hydroxyl groups is 1. The molecule has 3 unspecified atom stereocenters. The molecule has 2 amide bonds. The second-order valence-electron chi connectivity index (χ2n) is 10.9. The molecule has 236 valence electrons. The molecular formula is C34H39N5O5S. The average Bonchev–Trinajstić information content (AvgIpc) is 3.04. The Morgan fingerprint density at radius 3 is 2.07 bits per heavy atom. The van der Waals surface area contributed by atoms with Crippen molar-refractivity contribution in [1.82, 2.24) is 20.9 Å². The van der Waals surface area contributed by atoms with Crippen molar-refractivity contribution in [3.8, 4) is 0 Å². The van der Waals surface area contributed by atoms with Gasteiger partial charge in [-0.15, -0.1) is 0 Å². The first-order valence-corrected chi connectivity index (χ1v) is 16.4. The molecule has 4 rings (SSSR count). The summed E-state index contributed by atoms with van der Waals surface area (Å²) in [6.07, 6.45) is 2.09. The fraction of sp³-hybridized carbons (Fsp3) is 0.265. The lowest BCUT2D eigenvalue weighted by atomic mass is 10.00. The fourth-order valence-corrected chi connectivity index (χ4v) is 5.24. The number of aromatic nitrogens is 1. The Hall–Kier alpha value is -4.58. The van der Waals surface area contributed by atoms with Gasteiger partial charge in [0.2, 0.25) is 10.0 Å². The van der Waals surface area contributed by atoms with E-state index in [2.05, 4.69) is 20.9 Å². The lowest BCUT2D eigenvalue weighted by Gasteiger charge is -2.25. The molecule has 11 heteroatoms. The summed E-state index contributed by atoms with van der Waals surface area (Å²) in [4.78, 5) is 31.4. The third-order valence-electron chi connectivity index (χ3n) is 7.42. The minimum Gasteiger partial charge on any atom is -0.390 e. The molecule has 4 N–H and O–H groups in total. The number of hydrogen-bond donors (Lipinski definition) is 4. The summed E-state index contributed by atoms with van der Waals surface area (Å²) < 4.78 is 25.8. The van der Waals surface area contributed by atoms with E-state index in [9.17, 15) is 23.1 Å². The third-order valence-corrected chi connectivity index (χ3v) is 8.62. The summed E-state index contributed by atoms with van der Waals surface area (Å²) in [5, 5.41) is 20.2. The quantitative estimate of drug-likeness (QED) is 0.168. The monoisotopic (exact) mass is 629 g/mol. The molecule has 0 radical (unpaired) electrons. The second-order valence-corrected chi connectivity index (χ2v) is 12.9. The van der Waals surface area contributed by atoms with Crippen molar-refractivity contribution in [2.45, 2.75) is 38.1 Å². The highest BCUT2D eigenvalue weighted by molar-refractivity contribution is 7.92. The van der Waals surface area contributed by atoms with Gasteiger partial charge in [0.25, 0.3) is 11.8 Å². The molecule has 0 saturated carbocycles. The summed E-state index contributed by atoms with van der Waals surface area (Å²) in [7, 11) is -2.34. The molecule has 0 bridgehead atoms. The van der Waals surface area contributed by atoms with E-state index in [-0.39, 0.29) is 29.4 Å². The number of benzene rings is 3. The van der Waals surface area contributed by atoms with Gasteiger partial charge in [0.05, 0.1) is 35.8 Å². The molecule has 3 atom stereocenters. The van der Waals surface area contributed by atoms with Crippen LogP contribution in [0.1, 0.15) is 50.5 Å². The largest absolute Gasteiger partial charge is 0.390 e. The molecular weight excluding hydrogens is 590 g/mol. The van der Waals surface area contributed by atoms with Gasteiger partial charge < -0.3 is 21.1 Å². The third kappa shape index (κ3) is 9.70. The Kier molecular flexibility index (Phi) is 11.4. The molecule has 0 aliphatic carbocycles. The smallest absolute Gasteiger partial charge is 0.251 e. The van der Waals surface area contributed by atoms with Crippen LogP contribution in [0, 0.1) is 0 Å². The van der Waals surface area contributed by atoms with Gasteiger partial charge in [-0.1, -0.05) is 66.7 Å². The number of nitrogens with one attached hydrogen (secondary N) is 3. The summed E-state index contributed by atoms with van der Waals surface area (Å²) >= 11 is 0. The van der Waals surface area contributed by atoms with Crippen LogP contribution in [0.15, 0.2) is 103 Å². The van der Waals surface area contributed by atoms with E-state index >= 15 is 0 Å². The molecule has 45 heavy (non-hydrogen) atoms. The number of nitrogens with zero attached hydrogens (tertiary/aromatic N) is 2. The first-order valence-electron chi connectivity index (χ1n) is 14.6. The number of hydrogen-bond acceptors (Lipinski definition) is 7. The topological polar surface area (TPSA) is 141 Å². The molecule has 0 fully saturated rings. The summed E-state index contributed by atoms with van der Waals surface area (Å²) in [5.74, 6) is -1.03. The fourth-order valence-electron chi connectivity index (χ4n) is 4.75. The molecule has 4 aromatic rings. The minimum absolute atomic E-state index is 0.0761. The first-order chi connectivity index (χ1) is 21.5. The number of rotatable bonds is 14. The zero-order chi connectivity index (χ0) is 32.4. The Morgan fingerprint density at radius 1 is 0.867 bits per heavy atom. The van der Waals surface area contributed by atoms with Crippen LogP contribution in [-0.4, -0.2) is 62.3 Å². The molecule has 10 nitrogen and oxygen atoms in total. The number of anilines is 1. The number of carbonyl (C=O) groups excluding carboxylic acids is 2. The normalized spacial score (nSPS) is 13.3. The van der Waals surface area contributed by atoms with Crippen molar-refractivity contribution in [2.75, 3.05) is 24.2 Å². The molecule has 0 spiro atoms. The van der Waals surface area contributed by atoms with Gasteiger partial charge in [0.1, 0.15) is 0 Å². The van der Waals surface area contributed by atoms with E-state index < -0.39 is 34.0 Å². The van der Waals surface area contributed by atoms with Gasteiger partial charge in [0, 0.05) is 37.5 Å². The number of aliphatic hydroxyl groups excluding tert-OH is 1. The van der Waals surface area contributed by atoms with Gasteiger partial charge >= 0.3 is 0 Å². The number of sulfonamides is 1. The lowest BCUT2D eigenvalue weighted by Crippen LogP contribution is -2.48. The predicted octanol–water partition coefficient (Wildman–Crippen LogP) is 3.46. The average molecular weight is 630 g/mol. The summed E-state index contributed by atoms with van der Waals surface area (Å²) in [5.41, 5.74) is 2.96. The highest BCUT2D eigenvalue weighted by Crippen LogP contribution is 2.22. The van der Waals surface area contributed by atoms with Crippen molar-refractivity contribution in [3.05, 3.63) is 131 Å². The van der Waals surface area contributed by atoms with Crippen LogP contribution in [0.2, 0.25) is 0 Å². The summed E-state index contributed by atoms with van der Waals surface area (Å²) in [6, 6.07) is 27.7. The second kappa shape index (κ2) is 15.4. The lowest BCUT2D eigenvalue weighted by molar-refractivity contribution is 0.0829. The van der Waals surface area contributed by atoms with Gasteiger partial charge in [-0.05, 0) is 54.8 Å². The number of pyridine rings is 1. The van der Waals surface area contributed by atoms with Crippen LogP contribution in [-0.2, 0) is 23.0 Å². The van der Waals surface area contributed by atoms with E-state index in [0.29, 0.717) is 13.0 Å². The molecule has 0 aliphatic heterocycles. The van der Waals surface area contributed by atoms with Crippen molar-refractivity contribution in [2.24, 2.45) is 0 Å². The minimum atomic E-state index is -3.70. The highest BCUT2D eigenvalue weighted by atomic mass is 32.2. The van der Waals surface area contributed by atoms with Gasteiger partial charge in [-0.3, -0.25) is 18.9 Å². The molecule has 1 aromatic heterocycles. The Balaban J connectivity index is 1.58. The van der Waals surface area contributed by atoms with Crippen molar-refractivity contribution < 1.29 is 23.1 Å². The number of amides is 2. The molecule has 0 aliphatic rings. The van der Waals surface area contributed by atoms with Crippen molar-refractivity contribution in [3.63, 3.8) is 0 Å². The van der Waals surface area contributed by atoms with Crippen molar-refractivity contribution >= 4 is 27.5 Å². The molecule has 0 saturated heterocycles. The van der Waals surface area contributed by atoms with Gasteiger partial charge in [0.15, 0.2) is 0 Å². The van der Waals surface area contributed by atoms with Crippen LogP contribution in [0.3, 0.4) is 0 Å². The van der Waals surface area contributed by atoms with Crippen molar-refractivity contribution in [1.29, 1.82) is 0 Å². The van der Waals surface area contributed by atoms with Gasteiger partial charge in [-0.25, -0.2) is 8.42 Å². The SMILES string of the molecule is CC(NC(=O)c1cc(C(=O)NC(Cc2ccccc2)C(O)CNCc2ccccn2)cc(N(C)S(C)(=O)=O)c1)c1ccccc1. The van der Waals surface area contributed by atoms with Crippen LogP contribution in [0.4, 0.5) is 5.69 Å². The first kappa shape index (κ1) is 33.3. The molecule has 1 heterocycles. The Bertz CT molecular complexity index is 1670. The van der Waals surface area contributed by atoms with E-state index in [1.807, 2.05) is 85.8 Å². The van der Waals surface area contributed by atoms with Crippen LogP contribution >= 0.6 is 0 Å². The highest BCUT2D eigenvalue weighted by Gasteiger charge is 2.25. The van der Waals surface area contributed by atoms with E-state index in [1.54, 1.807) is 6.20 Å². The zero-order valence-electron chi connectivity index (χ0n) is 25.6. The Labute approximate surface area is 264 Å². The van der Waals surface area contributed by atoms with E-state index in [0.717, 1.165) is 27.4 Å². The zero-order valence-corrected chi connectivity index (χ0v) is 26.4. The maximum Gasteiger partial charge on any atom is 0.251 e. The molecule has 3 aromatic carbocycles.